The maximum Gasteiger partial charge on any atom is 0.317 e. The van der Waals surface area contributed by atoms with Gasteiger partial charge in [-0.1, -0.05) is 19.1 Å². The van der Waals surface area contributed by atoms with Gasteiger partial charge in [0.15, 0.2) is 0 Å². The lowest BCUT2D eigenvalue weighted by Gasteiger charge is -2.42. The van der Waals surface area contributed by atoms with Crippen LogP contribution in [0.15, 0.2) is 24.3 Å². The molecule has 0 atom stereocenters. The maximum atomic E-state index is 12.2. The van der Waals surface area contributed by atoms with E-state index in [0.29, 0.717) is 25.1 Å². The standard InChI is InChI=1S/C17H24N4O5/c1-3-20(11-17(23)24)13-8-12(9-13)18-16(22)10-19(2)14-6-4-5-7-15(14)21(25)26/h4-7,12-13H,3,8-11H2,1-2H3,(H,18,22)(H,23,24). The number of carbonyl (C=O) groups excluding carboxylic acids is 1. The van der Waals surface area contributed by atoms with Gasteiger partial charge in [-0.2, -0.15) is 0 Å². The molecule has 0 saturated heterocycles. The topological polar surface area (TPSA) is 116 Å². The van der Waals surface area contributed by atoms with Gasteiger partial charge in [0.25, 0.3) is 5.69 Å². The first kappa shape index (κ1) is 19.6. The maximum absolute atomic E-state index is 12.2. The molecule has 1 aliphatic rings. The molecule has 0 bridgehead atoms. The van der Waals surface area contributed by atoms with E-state index >= 15 is 0 Å². The van der Waals surface area contributed by atoms with E-state index in [4.69, 9.17) is 5.11 Å². The first-order valence-electron chi connectivity index (χ1n) is 8.51. The molecule has 1 amide bonds. The van der Waals surface area contributed by atoms with Gasteiger partial charge in [-0.15, -0.1) is 0 Å². The van der Waals surface area contributed by atoms with Gasteiger partial charge in [0.05, 0.1) is 18.0 Å². The van der Waals surface area contributed by atoms with E-state index in [2.05, 4.69) is 5.32 Å². The number of nitro benzene ring substituents is 1. The van der Waals surface area contributed by atoms with Crippen LogP contribution in [0.3, 0.4) is 0 Å². The lowest BCUT2D eigenvalue weighted by molar-refractivity contribution is -0.384. The van der Waals surface area contributed by atoms with Crippen LogP contribution in [0.2, 0.25) is 0 Å². The van der Waals surface area contributed by atoms with Crippen LogP contribution in [0, 0.1) is 10.1 Å². The van der Waals surface area contributed by atoms with Crippen molar-refractivity contribution >= 4 is 23.3 Å². The second-order valence-corrected chi connectivity index (χ2v) is 6.45. The van der Waals surface area contributed by atoms with Gasteiger partial charge in [-0.05, 0) is 25.5 Å². The Balaban J connectivity index is 1.83. The summed E-state index contributed by atoms with van der Waals surface area (Å²) < 4.78 is 0. The molecule has 26 heavy (non-hydrogen) atoms. The van der Waals surface area contributed by atoms with Gasteiger partial charge >= 0.3 is 5.97 Å². The number of anilines is 1. The molecule has 0 aliphatic heterocycles. The number of nitrogens with one attached hydrogen (secondary N) is 1. The van der Waals surface area contributed by atoms with Crippen molar-refractivity contribution in [3.63, 3.8) is 0 Å². The minimum Gasteiger partial charge on any atom is -0.480 e. The first-order chi connectivity index (χ1) is 12.3. The number of hydrogen-bond donors (Lipinski definition) is 2. The number of carboxylic acids is 1. The van der Waals surface area contributed by atoms with Crippen molar-refractivity contribution in [2.45, 2.75) is 31.8 Å². The van der Waals surface area contributed by atoms with Gasteiger partial charge in [0.2, 0.25) is 5.91 Å². The van der Waals surface area contributed by atoms with E-state index in [9.17, 15) is 19.7 Å². The highest BCUT2D eigenvalue weighted by Crippen LogP contribution is 2.27. The fourth-order valence-electron chi connectivity index (χ4n) is 3.19. The third-order valence-corrected chi connectivity index (χ3v) is 4.61. The average molecular weight is 364 g/mol. The molecule has 0 spiro atoms. The van der Waals surface area contributed by atoms with Crippen molar-refractivity contribution in [2.75, 3.05) is 31.6 Å². The molecule has 9 nitrogen and oxygen atoms in total. The lowest BCUT2D eigenvalue weighted by atomic mass is 9.85. The second kappa shape index (κ2) is 8.61. The number of para-hydroxylation sites is 2. The highest BCUT2D eigenvalue weighted by molar-refractivity contribution is 5.82. The van der Waals surface area contributed by atoms with Crippen LogP contribution in [-0.2, 0) is 9.59 Å². The van der Waals surface area contributed by atoms with Gasteiger partial charge in [0, 0.05) is 25.2 Å². The summed E-state index contributed by atoms with van der Waals surface area (Å²) in [5, 5.41) is 22.9. The summed E-state index contributed by atoms with van der Waals surface area (Å²) in [6.07, 6.45) is 1.42. The number of aliphatic carboxylic acids is 1. The Morgan fingerprint density at radius 1 is 1.31 bits per heavy atom. The number of amides is 1. The SMILES string of the molecule is CCN(CC(=O)O)C1CC(NC(=O)CN(C)c2ccccc2[N+](=O)[O-])C1. The van der Waals surface area contributed by atoms with Crippen LogP contribution in [0.4, 0.5) is 11.4 Å². The molecule has 9 heteroatoms. The molecule has 2 rings (SSSR count). The quantitative estimate of drug-likeness (QED) is 0.497. The molecule has 1 aromatic carbocycles. The number of likely N-dealkylation sites (N-methyl/N-ethyl adjacent to an activating group) is 2. The summed E-state index contributed by atoms with van der Waals surface area (Å²) >= 11 is 0. The zero-order valence-electron chi connectivity index (χ0n) is 14.9. The predicted molar refractivity (Wildman–Crippen MR) is 96.2 cm³/mol. The lowest BCUT2D eigenvalue weighted by Crippen LogP contribution is -2.55. The van der Waals surface area contributed by atoms with Gasteiger partial charge in [-0.25, -0.2) is 0 Å². The molecule has 1 saturated carbocycles. The van der Waals surface area contributed by atoms with Crippen molar-refractivity contribution in [2.24, 2.45) is 0 Å². The average Bonchev–Trinajstić information content (AvgIpc) is 2.55. The predicted octanol–water partition coefficient (Wildman–Crippen LogP) is 1.08. The number of carboxylic acid groups (broad SMARTS) is 1. The summed E-state index contributed by atoms with van der Waals surface area (Å²) in [5.41, 5.74) is 0.344. The number of rotatable bonds is 9. The number of hydrogen-bond acceptors (Lipinski definition) is 6. The van der Waals surface area contributed by atoms with Crippen molar-refractivity contribution in [1.29, 1.82) is 0 Å². The number of nitrogens with zero attached hydrogens (tertiary/aromatic N) is 3. The smallest absolute Gasteiger partial charge is 0.317 e. The highest BCUT2D eigenvalue weighted by Gasteiger charge is 2.34. The molecule has 142 valence electrons. The third-order valence-electron chi connectivity index (χ3n) is 4.61. The monoisotopic (exact) mass is 364 g/mol. The highest BCUT2D eigenvalue weighted by atomic mass is 16.6. The van der Waals surface area contributed by atoms with Crippen molar-refractivity contribution in [3.8, 4) is 0 Å². The van der Waals surface area contributed by atoms with Gasteiger partial charge < -0.3 is 15.3 Å². The summed E-state index contributed by atoms with van der Waals surface area (Å²) in [6, 6.07) is 6.46. The Morgan fingerprint density at radius 3 is 2.54 bits per heavy atom. The molecule has 1 aliphatic carbocycles. The van der Waals surface area contributed by atoms with E-state index in [1.807, 2.05) is 11.8 Å². The minimum absolute atomic E-state index is 0.00223. The Morgan fingerprint density at radius 2 is 1.96 bits per heavy atom. The fraction of sp³-hybridized carbons (Fsp3) is 0.529. The molecule has 0 radical (unpaired) electrons. The minimum atomic E-state index is -0.856. The molecular weight excluding hydrogens is 340 g/mol. The summed E-state index contributed by atoms with van der Waals surface area (Å²) in [7, 11) is 1.64. The molecule has 0 unspecified atom stereocenters. The normalized spacial score (nSPS) is 18.9. The zero-order chi connectivity index (χ0) is 19.3. The number of benzene rings is 1. The number of carbonyl (C=O) groups is 2. The molecular formula is C17H24N4O5. The molecule has 1 fully saturated rings. The Kier molecular flexibility index (Phi) is 6.51. The van der Waals surface area contributed by atoms with Crippen molar-refractivity contribution in [1.82, 2.24) is 10.2 Å². The van der Waals surface area contributed by atoms with E-state index in [0.717, 1.165) is 0 Å². The van der Waals surface area contributed by atoms with E-state index in [1.165, 1.54) is 6.07 Å². The van der Waals surface area contributed by atoms with Gasteiger partial charge in [0.1, 0.15) is 5.69 Å². The van der Waals surface area contributed by atoms with E-state index in [-0.39, 0.29) is 36.8 Å². The Hall–Kier alpha value is -2.68. The van der Waals surface area contributed by atoms with E-state index in [1.54, 1.807) is 30.1 Å². The van der Waals surface area contributed by atoms with E-state index < -0.39 is 10.9 Å². The van der Waals surface area contributed by atoms with Crippen LogP contribution in [0.1, 0.15) is 19.8 Å². The largest absolute Gasteiger partial charge is 0.480 e. The first-order valence-corrected chi connectivity index (χ1v) is 8.51. The van der Waals surface area contributed by atoms with Crippen LogP contribution < -0.4 is 10.2 Å². The number of nitro groups is 1. The second-order valence-electron chi connectivity index (χ2n) is 6.45. The van der Waals surface area contributed by atoms with Gasteiger partial charge in [-0.3, -0.25) is 24.6 Å². The Bertz CT molecular complexity index is 675. The van der Waals surface area contributed by atoms with Crippen LogP contribution in [0.5, 0.6) is 0 Å². The fourth-order valence-corrected chi connectivity index (χ4v) is 3.19. The molecule has 1 aromatic rings. The Labute approximate surface area is 151 Å². The summed E-state index contributed by atoms with van der Waals surface area (Å²) in [5.74, 6) is -1.07. The zero-order valence-corrected chi connectivity index (χ0v) is 14.9. The summed E-state index contributed by atoms with van der Waals surface area (Å²) in [4.78, 5) is 37.1. The van der Waals surface area contributed by atoms with Crippen molar-refractivity contribution in [3.05, 3.63) is 34.4 Å². The molecule has 0 heterocycles. The van der Waals surface area contributed by atoms with Crippen molar-refractivity contribution < 1.29 is 19.6 Å². The third kappa shape index (κ3) is 4.92. The van der Waals surface area contributed by atoms with Crippen LogP contribution in [-0.4, -0.2) is 65.6 Å². The summed E-state index contributed by atoms with van der Waals surface area (Å²) in [6.45, 7) is 2.58. The van der Waals surface area contributed by atoms with Crippen LogP contribution in [0.25, 0.3) is 0 Å². The molecule has 0 aromatic heterocycles. The molecule has 2 N–H and O–H groups in total. The van der Waals surface area contributed by atoms with Crippen LogP contribution >= 0.6 is 0 Å².